The Morgan fingerprint density at radius 1 is 0.912 bits per heavy atom. The number of H-pyrrole nitrogens is 1. The molecule has 0 fully saturated rings. The molecule has 0 radical (unpaired) electrons. The van der Waals surface area contributed by atoms with Crippen LogP contribution in [0.2, 0.25) is 0 Å². The van der Waals surface area contributed by atoms with Gasteiger partial charge in [0.25, 0.3) is 0 Å². The molecule has 9 heteroatoms. The van der Waals surface area contributed by atoms with Crippen LogP contribution in [0.4, 0.5) is 10.3 Å². The molecule has 1 aliphatic heterocycles. The first-order valence-electron chi connectivity index (χ1n) is 10.5. The number of nitrogens with one attached hydrogen (secondary N) is 1. The summed E-state index contributed by atoms with van der Waals surface area (Å²) in [5.41, 5.74) is 4.96. The molecule has 0 spiro atoms. The maximum atomic E-state index is 13.7. The van der Waals surface area contributed by atoms with Gasteiger partial charge in [-0.15, -0.1) is 5.10 Å². The molecule has 6 rings (SSSR count). The number of rotatable bonds is 2. The summed E-state index contributed by atoms with van der Waals surface area (Å²) in [5, 5.41) is 6.61. The van der Waals surface area contributed by atoms with Gasteiger partial charge >= 0.3 is 0 Å². The highest BCUT2D eigenvalue weighted by molar-refractivity contribution is 9.10. The molecule has 0 unspecified atom stereocenters. The average molecular weight is 512 g/mol. The molecule has 0 amide bonds. The smallest absolute Gasteiger partial charge is 0.240 e. The highest BCUT2D eigenvalue weighted by Gasteiger charge is 2.21. The lowest BCUT2D eigenvalue weighted by Crippen LogP contribution is -2.17. The first kappa shape index (κ1) is 20.4. The monoisotopic (exact) mass is 511 g/mol. The third-order valence-corrected chi connectivity index (χ3v) is 6.05. The van der Waals surface area contributed by atoms with Gasteiger partial charge in [-0.2, -0.15) is 4.39 Å². The molecular weight excluding hydrogens is 497 g/mol. The van der Waals surface area contributed by atoms with Crippen molar-refractivity contribution in [2.45, 2.75) is 13.1 Å². The molecule has 0 bridgehead atoms. The van der Waals surface area contributed by atoms with Crippen LogP contribution in [0, 0.1) is 17.8 Å². The first-order chi connectivity index (χ1) is 16.6. The summed E-state index contributed by atoms with van der Waals surface area (Å²) < 4.78 is 14.8. The van der Waals surface area contributed by atoms with E-state index in [0.717, 1.165) is 17.6 Å². The SMILES string of the molecule is Fc1n[nH]c2ccc(C#Cc3ccnc(-c4ccnc(N5Cc6ccc(Br)cc6C5)n4)n3)cc12. The molecule has 0 aliphatic carbocycles. The molecule has 1 aliphatic rings. The van der Waals surface area contributed by atoms with Crippen LogP contribution in [-0.4, -0.2) is 30.1 Å². The van der Waals surface area contributed by atoms with E-state index in [-0.39, 0.29) is 0 Å². The summed E-state index contributed by atoms with van der Waals surface area (Å²) >= 11 is 3.53. The van der Waals surface area contributed by atoms with Gasteiger partial charge in [0, 0.05) is 35.5 Å². The fourth-order valence-electron chi connectivity index (χ4n) is 3.88. The lowest BCUT2D eigenvalue weighted by Gasteiger charge is -2.15. The lowest BCUT2D eigenvalue weighted by atomic mass is 10.1. The number of hydrogen-bond acceptors (Lipinski definition) is 6. The molecule has 7 nitrogen and oxygen atoms in total. The minimum Gasteiger partial charge on any atom is -0.332 e. The predicted molar refractivity (Wildman–Crippen MR) is 129 cm³/mol. The number of nitrogens with zero attached hydrogens (tertiary/aromatic N) is 6. The van der Waals surface area contributed by atoms with E-state index in [1.807, 2.05) is 6.07 Å². The summed E-state index contributed by atoms with van der Waals surface area (Å²) in [6.45, 7) is 1.49. The molecule has 0 saturated carbocycles. The van der Waals surface area contributed by atoms with Crippen LogP contribution in [0.15, 0.2) is 65.4 Å². The molecule has 34 heavy (non-hydrogen) atoms. The van der Waals surface area contributed by atoms with Crippen molar-refractivity contribution in [2.24, 2.45) is 0 Å². The van der Waals surface area contributed by atoms with Crippen molar-refractivity contribution >= 4 is 32.8 Å². The van der Waals surface area contributed by atoms with Crippen LogP contribution in [0.1, 0.15) is 22.4 Å². The second kappa shape index (κ2) is 8.32. The van der Waals surface area contributed by atoms with E-state index in [9.17, 15) is 4.39 Å². The molecule has 164 valence electrons. The Morgan fingerprint density at radius 2 is 1.79 bits per heavy atom. The number of aromatic nitrogens is 6. The topological polar surface area (TPSA) is 83.5 Å². The number of benzene rings is 2. The largest absolute Gasteiger partial charge is 0.332 e. The zero-order valence-corrected chi connectivity index (χ0v) is 19.2. The number of aromatic amines is 1. The Kier molecular flexibility index (Phi) is 5.00. The van der Waals surface area contributed by atoms with Crippen LogP contribution in [-0.2, 0) is 13.1 Å². The summed E-state index contributed by atoms with van der Waals surface area (Å²) in [4.78, 5) is 20.2. The van der Waals surface area contributed by atoms with Crippen LogP contribution in [0.5, 0.6) is 0 Å². The third kappa shape index (κ3) is 3.89. The van der Waals surface area contributed by atoms with Gasteiger partial charge in [-0.25, -0.2) is 19.9 Å². The van der Waals surface area contributed by atoms with Gasteiger partial charge in [-0.1, -0.05) is 27.9 Å². The number of halogens is 2. The van der Waals surface area contributed by atoms with Gasteiger partial charge in [0.1, 0.15) is 11.4 Å². The Hall–Kier alpha value is -4.16. The van der Waals surface area contributed by atoms with Gasteiger partial charge in [-0.3, -0.25) is 5.10 Å². The second-order valence-corrected chi connectivity index (χ2v) is 8.72. The van der Waals surface area contributed by atoms with Gasteiger partial charge < -0.3 is 4.90 Å². The highest BCUT2D eigenvalue weighted by Crippen LogP contribution is 2.29. The van der Waals surface area contributed by atoms with E-state index in [2.05, 4.69) is 70.0 Å². The van der Waals surface area contributed by atoms with Crippen LogP contribution in [0.25, 0.3) is 22.4 Å². The van der Waals surface area contributed by atoms with Gasteiger partial charge in [0.2, 0.25) is 11.9 Å². The molecule has 5 aromatic rings. The highest BCUT2D eigenvalue weighted by atomic mass is 79.9. The predicted octanol–water partition coefficient (Wildman–Crippen LogP) is 4.63. The summed E-state index contributed by atoms with van der Waals surface area (Å²) in [7, 11) is 0. The molecular formula is C25H15BrFN7. The zero-order chi connectivity index (χ0) is 23.1. The number of hydrogen-bond donors (Lipinski definition) is 1. The van der Waals surface area contributed by atoms with E-state index in [1.54, 1.807) is 42.7 Å². The van der Waals surface area contributed by atoms with Crippen molar-refractivity contribution in [3.8, 4) is 23.4 Å². The Labute approximate surface area is 202 Å². The summed E-state index contributed by atoms with van der Waals surface area (Å²) in [6, 6.07) is 15.0. The third-order valence-electron chi connectivity index (χ3n) is 5.55. The minimum atomic E-state index is -0.545. The van der Waals surface area contributed by atoms with Gasteiger partial charge in [0.05, 0.1) is 10.9 Å². The quantitative estimate of drug-likeness (QED) is 0.348. The molecule has 4 heterocycles. The van der Waals surface area contributed by atoms with Gasteiger partial charge in [-0.05, 0) is 59.5 Å². The standard InChI is InChI=1S/C25H15BrFN7/c26-18-4-3-16-13-34(14-17(16)12-18)25-29-10-8-22(31-25)24-28-9-7-19(30-24)5-1-15-2-6-21-20(11-15)23(27)33-32-21/h2-4,6-12H,13-14H2,(H,32,33). The van der Waals surface area contributed by atoms with Crippen molar-refractivity contribution in [3.63, 3.8) is 0 Å². The lowest BCUT2D eigenvalue weighted by molar-refractivity contribution is 0.588. The Bertz CT molecular complexity index is 1620. The normalized spacial score (nSPS) is 12.5. The fourth-order valence-corrected chi connectivity index (χ4v) is 4.29. The van der Waals surface area contributed by atoms with Crippen molar-refractivity contribution in [2.75, 3.05) is 4.90 Å². The summed E-state index contributed by atoms with van der Waals surface area (Å²) in [6.07, 6.45) is 3.36. The van der Waals surface area contributed by atoms with E-state index in [4.69, 9.17) is 4.98 Å². The summed E-state index contributed by atoms with van der Waals surface area (Å²) in [5.74, 6) is 6.59. The molecule has 0 saturated heterocycles. The van der Waals surface area contributed by atoms with Crippen molar-refractivity contribution in [1.82, 2.24) is 30.1 Å². The maximum Gasteiger partial charge on any atom is 0.240 e. The Morgan fingerprint density at radius 3 is 2.74 bits per heavy atom. The number of fused-ring (bicyclic) bond motifs is 2. The van der Waals surface area contributed by atoms with Crippen molar-refractivity contribution < 1.29 is 4.39 Å². The molecule has 1 N–H and O–H groups in total. The maximum absolute atomic E-state index is 13.7. The van der Waals surface area contributed by atoms with Crippen molar-refractivity contribution in [3.05, 3.63) is 93.7 Å². The van der Waals surface area contributed by atoms with Crippen LogP contribution in [0.3, 0.4) is 0 Å². The molecule has 3 aromatic heterocycles. The molecule has 2 aromatic carbocycles. The first-order valence-corrected chi connectivity index (χ1v) is 11.3. The van der Waals surface area contributed by atoms with Gasteiger partial charge in [0.15, 0.2) is 5.82 Å². The van der Waals surface area contributed by atoms with E-state index in [1.165, 1.54) is 11.1 Å². The second-order valence-electron chi connectivity index (χ2n) is 7.80. The van der Waals surface area contributed by atoms with E-state index < -0.39 is 5.95 Å². The Balaban J connectivity index is 1.26. The minimum absolute atomic E-state index is 0.403. The van der Waals surface area contributed by atoms with Crippen molar-refractivity contribution in [1.29, 1.82) is 0 Å². The zero-order valence-electron chi connectivity index (χ0n) is 17.6. The van der Waals surface area contributed by atoms with Crippen LogP contribution < -0.4 is 4.90 Å². The van der Waals surface area contributed by atoms with E-state index in [0.29, 0.717) is 39.6 Å². The molecule has 0 atom stereocenters. The van der Waals surface area contributed by atoms with E-state index >= 15 is 0 Å². The number of anilines is 1. The average Bonchev–Trinajstić information content (AvgIpc) is 3.46. The fraction of sp³-hybridized carbons (Fsp3) is 0.0800. The van der Waals surface area contributed by atoms with Crippen LogP contribution >= 0.6 is 15.9 Å².